The third-order valence-corrected chi connectivity index (χ3v) is 3.18. The van der Waals surface area contributed by atoms with E-state index in [0.717, 1.165) is 18.8 Å². The zero-order valence-electron chi connectivity index (χ0n) is 10.0. The predicted octanol–water partition coefficient (Wildman–Crippen LogP) is 1.45. The van der Waals surface area contributed by atoms with Crippen molar-refractivity contribution in [3.8, 4) is 5.88 Å². The molecular formula is C11H18N4O. The number of nitrogen functional groups attached to an aromatic ring is 1. The SMILES string of the molecule is COc1ncnc(N2CCCC2(C)C)c1N. The highest BCUT2D eigenvalue weighted by atomic mass is 16.5. The van der Waals surface area contributed by atoms with Gasteiger partial charge in [-0.2, -0.15) is 4.98 Å². The highest BCUT2D eigenvalue weighted by Gasteiger charge is 2.34. The van der Waals surface area contributed by atoms with E-state index in [0.29, 0.717) is 11.6 Å². The summed E-state index contributed by atoms with van der Waals surface area (Å²) in [7, 11) is 1.57. The zero-order valence-corrected chi connectivity index (χ0v) is 10.0. The van der Waals surface area contributed by atoms with Gasteiger partial charge in [0.2, 0.25) is 5.88 Å². The number of aromatic nitrogens is 2. The molecule has 1 saturated heterocycles. The Morgan fingerprint density at radius 2 is 2.19 bits per heavy atom. The molecule has 0 amide bonds. The Hall–Kier alpha value is -1.52. The van der Waals surface area contributed by atoms with Crippen molar-refractivity contribution < 1.29 is 4.74 Å². The second-order valence-electron chi connectivity index (χ2n) is 4.69. The van der Waals surface area contributed by atoms with E-state index in [1.54, 1.807) is 7.11 Å². The van der Waals surface area contributed by atoms with Gasteiger partial charge in [-0.15, -0.1) is 0 Å². The number of hydrogen-bond donors (Lipinski definition) is 1. The number of hydrogen-bond acceptors (Lipinski definition) is 5. The summed E-state index contributed by atoms with van der Waals surface area (Å²) in [6.07, 6.45) is 3.82. The number of rotatable bonds is 2. The van der Waals surface area contributed by atoms with Gasteiger partial charge < -0.3 is 15.4 Å². The normalized spacial score (nSPS) is 18.8. The molecule has 5 heteroatoms. The molecule has 0 bridgehead atoms. The van der Waals surface area contributed by atoms with Crippen LogP contribution >= 0.6 is 0 Å². The lowest BCUT2D eigenvalue weighted by Gasteiger charge is -2.33. The topological polar surface area (TPSA) is 64.3 Å². The lowest BCUT2D eigenvalue weighted by molar-refractivity contribution is 0.398. The minimum absolute atomic E-state index is 0.105. The number of nitrogens with two attached hydrogens (primary N) is 1. The van der Waals surface area contributed by atoms with Crippen molar-refractivity contribution in [2.75, 3.05) is 24.3 Å². The Labute approximate surface area is 95.6 Å². The van der Waals surface area contributed by atoms with Gasteiger partial charge in [-0.3, -0.25) is 0 Å². The summed E-state index contributed by atoms with van der Waals surface area (Å²) >= 11 is 0. The van der Waals surface area contributed by atoms with E-state index in [1.807, 2.05) is 0 Å². The van der Waals surface area contributed by atoms with Crippen LogP contribution in [0.25, 0.3) is 0 Å². The number of ether oxygens (including phenoxy) is 1. The van der Waals surface area contributed by atoms with Gasteiger partial charge in [0.05, 0.1) is 7.11 Å². The van der Waals surface area contributed by atoms with Gasteiger partial charge in [-0.1, -0.05) is 0 Å². The van der Waals surface area contributed by atoms with Crippen molar-refractivity contribution in [2.45, 2.75) is 32.2 Å². The lowest BCUT2D eigenvalue weighted by Crippen LogP contribution is -2.39. The van der Waals surface area contributed by atoms with Crippen LogP contribution in [-0.2, 0) is 0 Å². The van der Waals surface area contributed by atoms with Gasteiger partial charge in [0.1, 0.15) is 12.0 Å². The van der Waals surface area contributed by atoms with Crippen LogP contribution in [0.1, 0.15) is 26.7 Å². The van der Waals surface area contributed by atoms with Crippen molar-refractivity contribution >= 4 is 11.5 Å². The van der Waals surface area contributed by atoms with E-state index in [4.69, 9.17) is 10.5 Å². The first-order chi connectivity index (χ1) is 7.56. The second-order valence-corrected chi connectivity index (χ2v) is 4.69. The summed E-state index contributed by atoms with van der Waals surface area (Å²) < 4.78 is 5.11. The molecule has 0 radical (unpaired) electrons. The first-order valence-electron chi connectivity index (χ1n) is 5.48. The van der Waals surface area contributed by atoms with E-state index in [9.17, 15) is 0 Å². The minimum atomic E-state index is 0.105. The molecule has 2 N–H and O–H groups in total. The molecule has 0 atom stereocenters. The molecule has 1 fully saturated rings. The van der Waals surface area contributed by atoms with Crippen molar-refractivity contribution in [2.24, 2.45) is 0 Å². The van der Waals surface area contributed by atoms with Crippen LogP contribution in [0, 0.1) is 0 Å². The molecule has 2 rings (SSSR count). The molecule has 0 aliphatic carbocycles. The van der Waals surface area contributed by atoms with Crippen LogP contribution in [0.2, 0.25) is 0 Å². The Morgan fingerprint density at radius 3 is 2.75 bits per heavy atom. The first kappa shape index (κ1) is 11.0. The molecule has 2 heterocycles. The van der Waals surface area contributed by atoms with Crippen LogP contribution in [0.15, 0.2) is 6.33 Å². The predicted molar refractivity (Wildman–Crippen MR) is 63.7 cm³/mol. The average molecular weight is 222 g/mol. The smallest absolute Gasteiger partial charge is 0.242 e. The van der Waals surface area contributed by atoms with Crippen LogP contribution < -0.4 is 15.4 Å². The highest BCUT2D eigenvalue weighted by molar-refractivity contribution is 5.69. The van der Waals surface area contributed by atoms with Crippen molar-refractivity contribution in [3.63, 3.8) is 0 Å². The number of methoxy groups -OCH3 is 1. The summed E-state index contributed by atoms with van der Waals surface area (Å²) in [4.78, 5) is 10.5. The second kappa shape index (κ2) is 3.81. The Bertz CT molecular complexity index is 392. The molecule has 0 unspecified atom stereocenters. The average Bonchev–Trinajstić information content (AvgIpc) is 2.59. The maximum Gasteiger partial charge on any atom is 0.242 e. The quantitative estimate of drug-likeness (QED) is 0.820. The third kappa shape index (κ3) is 1.66. The van der Waals surface area contributed by atoms with Crippen molar-refractivity contribution in [1.29, 1.82) is 0 Å². The molecule has 16 heavy (non-hydrogen) atoms. The van der Waals surface area contributed by atoms with Gasteiger partial charge >= 0.3 is 0 Å². The summed E-state index contributed by atoms with van der Waals surface area (Å²) in [5, 5.41) is 0. The monoisotopic (exact) mass is 222 g/mol. The summed E-state index contributed by atoms with van der Waals surface area (Å²) in [6.45, 7) is 5.39. The molecule has 1 aromatic rings. The molecule has 1 aliphatic heterocycles. The van der Waals surface area contributed by atoms with Gasteiger partial charge in [-0.25, -0.2) is 4.98 Å². The van der Waals surface area contributed by atoms with Gasteiger partial charge in [0, 0.05) is 12.1 Å². The molecule has 5 nitrogen and oxygen atoms in total. The zero-order chi connectivity index (χ0) is 11.8. The highest BCUT2D eigenvalue weighted by Crippen LogP contribution is 2.37. The fraction of sp³-hybridized carbons (Fsp3) is 0.636. The molecule has 1 aromatic heterocycles. The van der Waals surface area contributed by atoms with Gasteiger partial charge in [0.25, 0.3) is 0 Å². The van der Waals surface area contributed by atoms with E-state index in [1.165, 1.54) is 12.7 Å². The van der Waals surface area contributed by atoms with E-state index in [-0.39, 0.29) is 5.54 Å². The fourth-order valence-corrected chi connectivity index (χ4v) is 2.25. The number of anilines is 2. The Balaban J connectivity index is 2.41. The van der Waals surface area contributed by atoms with E-state index in [2.05, 4.69) is 28.7 Å². The van der Waals surface area contributed by atoms with Crippen molar-refractivity contribution in [3.05, 3.63) is 6.33 Å². The Kier molecular flexibility index (Phi) is 2.61. The molecule has 1 aliphatic rings. The minimum Gasteiger partial charge on any atom is -0.479 e. The maximum absolute atomic E-state index is 6.00. The van der Waals surface area contributed by atoms with Crippen LogP contribution in [0.3, 0.4) is 0 Å². The lowest BCUT2D eigenvalue weighted by atomic mass is 10.0. The van der Waals surface area contributed by atoms with E-state index >= 15 is 0 Å². The van der Waals surface area contributed by atoms with Crippen molar-refractivity contribution in [1.82, 2.24) is 9.97 Å². The fourth-order valence-electron chi connectivity index (χ4n) is 2.25. The Morgan fingerprint density at radius 1 is 1.44 bits per heavy atom. The van der Waals surface area contributed by atoms with Gasteiger partial charge in [-0.05, 0) is 26.7 Å². The molecule has 88 valence electrons. The van der Waals surface area contributed by atoms with Gasteiger partial charge in [0.15, 0.2) is 5.82 Å². The molecule has 0 aromatic carbocycles. The third-order valence-electron chi connectivity index (χ3n) is 3.18. The van der Waals surface area contributed by atoms with Crippen LogP contribution in [0.5, 0.6) is 5.88 Å². The summed E-state index contributed by atoms with van der Waals surface area (Å²) in [5.74, 6) is 1.24. The number of nitrogens with zero attached hydrogens (tertiary/aromatic N) is 3. The molecular weight excluding hydrogens is 204 g/mol. The maximum atomic E-state index is 6.00. The standard InChI is InChI=1S/C11H18N4O/c1-11(2)5-4-6-15(11)9-8(12)10(16-3)14-7-13-9/h7H,4-6,12H2,1-3H3. The largest absolute Gasteiger partial charge is 0.479 e. The first-order valence-corrected chi connectivity index (χ1v) is 5.48. The van der Waals surface area contributed by atoms with Crippen LogP contribution in [0.4, 0.5) is 11.5 Å². The molecule has 0 saturated carbocycles. The van der Waals surface area contributed by atoms with Crippen LogP contribution in [-0.4, -0.2) is 29.2 Å². The summed E-state index contributed by atoms with van der Waals surface area (Å²) in [6, 6.07) is 0. The van der Waals surface area contributed by atoms with E-state index < -0.39 is 0 Å². The summed E-state index contributed by atoms with van der Waals surface area (Å²) in [5.41, 5.74) is 6.64. The molecule has 0 spiro atoms.